The van der Waals surface area contributed by atoms with Crippen molar-refractivity contribution in [1.29, 1.82) is 5.26 Å². The Bertz CT molecular complexity index is 330. The molecule has 1 atom stereocenters. The molecule has 0 aromatic rings. The lowest BCUT2D eigenvalue weighted by Gasteiger charge is -2.12. The highest BCUT2D eigenvalue weighted by Gasteiger charge is 2.18. The number of nitrogens with one attached hydrogen (secondary N) is 1. The van der Waals surface area contributed by atoms with E-state index in [4.69, 9.17) is 10.4 Å². The average Bonchev–Trinajstić information content (AvgIpc) is 2.01. The van der Waals surface area contributed by atoms with Gasteiger partial charge < -0.3 is 5.11 Å². The molecule has 0 aromatic carbocycles. The second kappa shape index (κ2) is 5.57. The minimum atomic E-state index is -3.66. The zero-order valence-electron chi connectivity index (χ0n) is 7.73. The number of carboxylic acids is 1. The van der Waals surface area contributed by atoms with Crippen molar-refractivity contribution in [3.63, 3.8) is 0 Å². The molecule has 0 bridgehead atoms. The summed E-state index contributed by atoms with van der Waals surface area (Å²) in [7, 11) is -3.66. The topological polar surface area (TPSA) is 107 Å². The first-order chi connectivity index (χ1) is 6.41. The van der Waals surface area contributed by atoms with Crippen LogP contribution in [0, 0.1) is 11.3 Å². The summed E-state index contributed by atoms with van der Waals surface area (Å²) in [5, 5.41) is 16.6. The van der Waals surface area contributed by atoms with E-state index in [0.717, 1.165) is 0 Å². The van der Waals surface area contributed by atoms with E-state index >= 15 is 0 Å². The van der Waals surface area contributed by atoms with Crippen molar-refractivity contribution in [2.45, 2.75) is 25.8 Å². The maximum atomic E-state index is 11.1. The predicted octanol–water partition coefficient (Wildman–Crippen LogP) is -0.317. The summed E-state index contributed by atoms with van der Waals surface area (Å²) in [5.74, 6) is -1.72. The van der Waals surface area contributed by atoms with Crippen molar-refractivity contribution in [2.75, 3.05) is 5.75 Å². The second-order valence-corrected chi connectivity index (χ2v) is 4.49. The molecule has 0 saturated heterocycles. The number of nitriles is 1. The lowest BCUT2D eigenvalue weighted by molar-refractivity contribution is -0.137. The van der Waals surface area contributed by atoms with Crippen LogP contribution < -0.4 is 4.72 Å². The second-order valence-electron chi connectivity index (χ2n) is 2.74. The van der Waals surface area contributed by atoms with Crippen LogP contribution in [0.3, 0.4) is 0 Å². The molecule has 0 amide bonds. The van der Waals surface area contributed by atoms with Crippen LogP contribution in [-0.2, 0) is 14.8 Å². The molecule has 0 radical (unpaired) electrons. The number of sulfonamides is 1. The Kier molecular flexibility index (Phi) is 5.12. The summed E-state index contributed by atoms with van der Waals surface area (Å²) in [5.41, 5.74) is 0. The smallest absolute Gasteiger partial charge is 0.304 e. The summed E-state index contributed by atoms with van der Waals surface area (Å²) >= 11 is 0. The minimum Gasteiger partial charge on any atom is -0.481 e. The van der Waals surface area contributed by atoms with Gasteiger partial charge in [-0.2, -0.15) is 5.26 Å². The van der Waals surface area contributed by atoms with E-state index in [0.29, 0.717) is 6.42 Å². The monoisotopic (exact) mass is 220 g/mol. The number of hydrogen-bond acceptors (Lipinski definition) is 4. The fourth-order valence-electron chi connectivity index (χ4n) is 0.861. The van der Waals surface area contributed by atoms with Gasteiger partial charge in [0.15, 0.2) is 5.75 Å². The molecule has 0 heterocycles. The first kappa shape index (κ1) is 12.9. The average molecular weight is 220 g/mol. The zero-order valence-corrected chi connectivity index (χ0v) is 8.54. The van der Waals surface area contributed by atoms with Crippen LogP contribution >= 0.6 is 0 Å². The Labute approximate surface area is 82.6 Å². The van der Waals surface area contributed by atoms with Gasteiger partial charge in [-0.25, -0.2) is 13.1 Å². The van der Waals surface area contributed by atoms with Gasteiger partial charge in [0, 0.05) is 6.04 Å². The van der Waals surface area contributed by atoms with Crippen molar-refractivity contribution in [3.05, 3.63) is 0 Å². The molecule has 0 aliphatic heterocycles. The fourth-order valence-corrected chi connectivity index (χ4v) is 1.87. The summed E-state index contributed by atoms with van der Waals surface area (Å²) < 4.78 is 24.3. The standard InChI is InChI=1S/C7H12N2O4S/c1-2-6(5-7(10)11)9-14(12,13)4-3-8/h6,9H,2,4-5H2,1H3,(H,10,11). The molecular weight excluding hydrogens is 208 g/mol. The van der Waals surface area contributed by atoms with E-state index in [-0.39, 0.29) is 6.42 Å². The maximum Gasteiger partial charge on any atom is 0.304 e. The third kappa shape index (κ3) is 5.50. The molecule has 14 heavy (non-hydrogen) atoms. The molecule has 1 unspecified atom stereocenters. The van der Waals surface area contributed by atoms with Crippen molar-refractivity contribution >= 4 is 16.0 Å². The number of nitrogens with zero attached hydrogens (tertiary/aromatic N) is 1. The first-order valence-electron chi connectivity index (χ1n) is 4.00. The Morgan fingerprint density at radius 2 is 2.21 bits per heavy atom. The van der Waals surface area contributed by atoms with E-state index in [1.165, 1.54) is 6.07 Å². The van der Waals surface area contributed by atoms with Crippen LogP contribution in [0.1, 0.15) is 19.8 Å². The quantitative estimate of drug-likeness (QED) is 0.638. The number of aliphatic carboxylic acids is 1. The molecule has 80 valence electrons. The first-order valence-corrected chi connectivity index (χ1v) is 5.65. The lowest BCUT2D eigenvalue weighted by atomic mass is 10.2. The predicted molar refractivity (Wildman–Crippen MR) is 48.9 cm³/mol. The lowest BCUT2D eigenvalue weighted by Crippen LogP contribution is -2.37. The van der Waals surface area contributed by atoms with Crippen molar-refractivity contribution < 1.29 is 18.3 Å². The van der Waals surface area contributed by atoms with Gasteiger partial charge in [-0.1, -0.05) is 6.92 Å². The largest absolute Gasteiger partial charge is 0.481 e. The summed E-state index contributed by atoms with van der Waals surface area (Å²) in [6, 6.07) is 0.845. The molecule has 7 heteroatoms. The van der Waals surface area contributed by atoms with Gasteiger partial charge in [-0.3, -0.25) is 4.79 Å². The van der Waals surface area contributed by atoms with E-state index in [9.17, 15) is 13.2 Å². The Morgan fingerprint density at radius 3 is 2.57 bits per heavy atom. The highest BCUT2D eigenvalue weighted by molar-refractivity contribution is 7.89. The third-order valence-electron chi connectivity index (χ3n) is 1.51. The molecule has 0 spiro atoms. The molecule has 0 aliphatic rings. The van der Waals surface area contributed by atoms with Crippen LogP contribution in [0.2, 0.25) is 0 Å². The van der Waals surface area contributed by atoms with Gasteiger partial charge in [0.05, 0.1) is 12.5 Å². The minimum absolute atomic E-state index is 0.277. The van der Waals surface area contributed by atoms with Gasteiger partial charge in [0.1, 0.15) is 0 Å². The molecule has 6 nitrogen and oxygen atoms in total. The summed E-state index contributed by atoms with van der Waals surface area (Å²) in [6.07, 6.45) is 0.0954. The summed E-state index contributed by atoms with van der Waals surface area (Å²) in [4.78, 5) is 10.3. The number of rotatable bonds is 6. The highest BCUT2D eigenvalue weighted by atomic mass is 32.2. The SMILES string of the molecule is CCC(CC(=O)O)NS(=O)(=O)CC#N. The third-order valence-corrected chi connectivity index (χ3v) is 2.72. The molecular formula is C7H12N2O4S. The van der Waals surface area contributed by atoms with E-state index in [1.807, 2.05) is 0 Å². The Morgan fingerprint density at radius 1 is 1.64 bits per heavy atom. The van der Waals surface area contributed by atoms with E-state index in [1.54, 1.807) is 6.92 Å². The van der Waals surface area contributed by atoms with Crippen molar-refractivity contribution in [3.8, 4) is 6.07 Å². The van der Waals surface area contributed by atoms with Crippen LogP contribution in [0.25, 0.3) is 0 Å². The van der Waals surface area contributed by atoms with Gasteiger partial charge >= 0.3 is 5.97 Å². The Hall–Kier alpha value is -1.13. The fraction of sp³-hybridized carbons (Fsp3) is 0.714. The molecule has 0 saturated carbocycles. The molecule has 0 aromatic heterocycles. The van der Waals surface area contributed by atoms with E-state index in [2.05, 4.69) is 4.72 Å². The van der Waals surface area contributed by atoms with Gasteiger partial charge in [-0.15, -0.1) is 0 Å². The number of hydrogen-bond donors (Lipinski definition) is 2. The van der Waals surface area contributed by atoms with E-state index < -0.39 is 27.8 Å². The van der Waals surface area contributed by atoms with Crippen LogP contribution in [0.15, 0.2) is 0 Å². The zero-order chi connectivity index (χ0) is 11.2. The van der Waals surface area contributed by atoms with Gasteiger partial charge in [0.2, 0.25) is 10.0 Å². The van der Waals surface area contributed by atoms with Gasteiger partial charge in [0.25, 0.3) is 0 Å². The normalized spacial score (nSPS) is 13.1. The summed E-state index contributed by atoms with van der Waals surface area (Å²) in [6.45, 7) is 1.67. The molecule has 0 aliphatic carbocycles. The molecule has 0 rings (SSSR count). The molecule has 2 N–H and O–H groups in total. The maximum absolute atomic E-state index is 11.1. The Balaban J connectivity index is 4.33. The van der Waals surface area contributed by atoms with Crippen LogP contribution in [-0.4, -0.2) is 31.3 Å². The number of carbonyl (C=O) groups is 1. The van der Waals surface area contributed by atoms with Gasteiger partial charge in [-0.05, 0) is 6.42 Å². The highest BCUT2D eigenvalue weighted by Crippen LogP contribution is 2.00. The molecule has 0 fully saturated rings. The number of carboxylic acid groups (broad SMARTS) is 1. The van der Waals surface area contributed by atoms with Crippen molar-refractivity contribution in [1.82, 2.24) is 4.72 Å². The van der Waals surface area contributed by atoms with Crippen LogP contribution in [0.5, 0.6) is 0 Å². The van der Waals surface area contributed by atoms with Crippen molar-refractivity contribution in [2.24, 2.45) is 0 Å². The van der Waals surface area contributed by atoms with Crippen LogP contribution in [0.4, 0.5) is 0 Å².